The number of carbonyl (C=O) groups excluding carboxylic acids is 4. The van der Waals surface area contributed by atoms with Gasteiger partial charge in [-0.05, 0) is 12.5 Å². The number of esters is 1. The number of carboxylic acids is 1. The Balaban J connectivity index is 1.54. The molecular weight excluding hydrogens is 528 g/mol. The molecule has 3 amide bonds. The number of hydrogen-bond donors (Lipinski definition) is 3. The molecule has 1 aromatic heterocycles. The zero-order valence-corrected chi connectivity index (χ0v) is 22.1. The van der Waals surface area contributed by atoms with Gasteiger partial charge in [0, 0.05) is 36.2 Å². The quantitative estimate of drug-likeness (QED) is 0.303. The summed E-state index contributed by atoms with van der Waals surface area (Å²) < 4.78 is 10.2. The minimum absolute atomic E-state index is 0.127. The third-order valence-corrected chi connectivity index (χ3v) is 7.47. The van der Waals surface area contributed by atoms with Crippen molar-refractivity contribution in [2.45, 2.75) is 31.3 Å². The van der Waals surface area contributed by atoms with Crippen molar-refractivity contribution in [2.24, 2.45) is 0 Å². The van der Waals surface area contributed by atoms with Crippen LogP contribution in [0.2, 0.25) is 0 Å². The van der Waals surface area contributed by atoms with Crippen LogP contribution in [-0.2, 0) is 23.9 Å². The Bertz CT molecular complexity index is 1360. The van der Waals surface area contributed by atoms with Crippen molar-refractivity contribution in [2.75, 3.05) is 19.5 Å². The third kappa shape index (κ3) is 5.72. The fraction of sp³-hybridized carbons (Fsp3) is 0.308. The zero-order chi connectivity index (χ0) is 28.3. The Morgan fingerprint density at radius 2 is 1.95 bits per heavy atom. The topological polar surface area (TPSA) is 164 Å². The van der Waals surface area contributed by atoms with Crippen LogP contribution in [-0.4, -0.2) is 75.5 Å². The smallest absolute Gasteiger partial charge is 0.352 e. The lowest BCUT2D eigenvalue weighted by Gasteiger charge is -2.49. The lowest BCUT2D eigenvalue weighted by molar-refractivity contribution is -0.151. The Labute approximate surface area is 227 Å². The second-order valence-corrected chi connectivity index (χ2v) is 9.88. The van der Waals surface area contributed by atoms with E-state index in [0.717, 1.165) is 4.90 Å². The number of methoxy groups -OCH3 is 1. The molecule has 0 saturated carbocycles. The summed E-state index contributed by atoms with van der Waals surface area (Å²) in [4.78, 5) is 68.0. The molecule has 2 aromatic rings. The largest absolute Gasteiger partial charge is 0.496 e. The van der Waals surface area contributed by atoms with E-state index in [1.165, 1.54) is 32.0 Å². The SMILES string of the molecule is COc1cc(C)ncc1C(=O)NC(C(=O)N[C@@H]1C(=O)N2C(C(=O)O)=C(COC(C)=O)CS[C@H]12)c1ccccc1. The van der Waals surface area contributed by atoms with Crippen molar-refractivity contribution in [3.63, 3.8) is 0 Å². The van der Waals surface area contributed by atoms with Crippen molar-refractivity contribution in [1.29, 1.82) is 0 Å². The fourth-order valence-corrected chi connectivity index (χ4v) is 5.58. The summed E-state index contributed by atoms with van der Waals surface area (Å²) in [6.07, 6.45) is 1.35. The fourth-order valence-electron chi connectivity index (χ4n) is 4.25. The van der Waals surface area contributed by atoms with Crippen LogP contribution in [0.1, 0.15) is 34.6 Å². The highest BCUT2D eigenvalue weighted by Gasteiger charge is 2.54. The molecule has 1 aromatic carbocycles. The van der Waals surface area contributed by atoms with E-state index in [4.69, 9.17) is 9.47 Å². The predicted molar refractivity (Wildman–Crippen MR) is 138 cm³/mol. The standard InChI is InChI=1S/C26H26N4O8S/c1-13-9-18(37-3)17(10-27-13)22(32)28-19(15-7-5-4-6-8-15)23(33)29-20-24(34)30-21(26(35)36)16(11-38-14(2)31)12-39-25(20)30/h4-10,19-20,25H,11-12H2,1-3H3,(H,28,32)(H,29,33)(H,35,36)/t19?,20-,25-/m1/s1. The molecular formula is C26H26N4O8S. The number of benzene rings is 1. The van der Waals surface area contributed by atoms with Gasteiger partial charge in [-0.3, -0.25) is 29.1 Å². The van der Waals surface area contributed by atoms with Crippen molar-refractivity contribution < 1.29 is 38.6 Å². The molecule has 13 heteroatoms. The minimum atomic E-state index is -1.34. The second kappa shape index (κ2) is 11.6. The van der Waals surface area contributed by atoms with Crippen molar-refractivity contribution in [3.8, 4) is 5.75 Å². The number of pyridine rings is 1. The predicted octanol–water partition coefficient (Wildman–Crippen LogP) is 1.17. The Hall–Kier alpha value is -4.39. The first-order chi connectivity index (χ1) is 18.6. The lowest BCUT2D eigenvalue weighted by atomic mass is 10.0. The van der Waals surface area contributed by atoms with E-state index >= 15 is 0 Å². The van der Waals surface area contributed by atoms with Gasteiger partial charge < -0.3 is 25.2 Å². The Kier molecular flexibility index (Phi) is 8.19. The number of rotatable bonds is 9. The van der Waals surface area contributed by atoms with Gasteiger partial charge in [-0.1, -0.05) is 30.3 Å². The van der Waals surface area contributed by atoms with Crippen LogP contribution < -0.4 is 15.4 Å². The molecule has 3 heterocycles. The number of hydrogen-bond acceptors (Lipinski definition) is 9. The van der Waals surface area contributed by atoms with Gasteiger partial charge in [0.1, 0.15) is 35.5 Å². The molecule has 39 heavy (non-hydrogen) atoms. The summed E-state index contributed by atoms with van der Waals surface area (Å²) in [5.74, 6) is -3.33. The molecule has 3 atom stereocenters. The molecule has 2 aliphatic rings. The molecule has 204 valence electrons. The summed E-state index contributed by atoms with van der Waals surface area (Å²) in [6.45, 7) is 2.70. The van der Waals surface area contributed by atoms with E-state index in [1.807, 2.05) is 0 Å². The molecule has 12 nitrogen and oxygen atoms in total. The number of amides is 3. The van der Waals surface area contributed by atoms with Crippen LogP contribution >= 0.6 is 11.8 Å². The molecule has 0 bridgehead atoms. The van der Waals surface area contributed by atoms with Gasteiger partial charge in [0.25, 0.3) is 11.8 Å². The minimum Gasteiger partial charge on any atom is -0.496 e. The van der Waals surface area contributed by atoms with Gasteiger partial charge >= 0.3 is 11.9 Å². The highest BCUT2D eigenvalue weighted by atomic mass is 32.2. The molecule has 4 rings (SSSR count). The number of β-lactam (4-membered cyclic amide) rings is 1. The van der Waals surface area contributed by atoms with E-state index in [1.54, 1.807) is 43.3 Å². The van der Waals surface area contributed by atoms with Crippen LogP contribution in [0.25, 0.3) is 0 Å². The maximum atomic E-state index is 13.5. The number of carbonyl (C=O) groups is 5. The second-order valence-electron chi connectivity index (χ2n) is 8.78. The number of thioether (sulfide) groups is 1. The number of nitrogens with zero attached hydrogens (tertiary/aromatic N) is 2. The monoisotopic (exact) mass is 554 g/mol. The first kappa shape index (κ1) is 27.6. The number of fused-ring (bicyclic) bond motifs is 1. The maximum absolute atomic E-state index is 13.5. The molecule has 0 radical (unpaired) electrons. The van der Waals surface area contributed by atoms with E-state index in [9.17, 15) is 29.1 Å². The van der Waals surface area contributed by atoms with E-state index in [0.29, 0.717) is 11.3 Å². The first-order valence-electron chi connectivity index (χ1n) is 11.8. The van der Waals surface area contributed by atoms with E-state index in [2.05, 4.69) is 15.6 Å². The first-order valence-corrected chi connectivity index (χ1v) is 12.9. The number of aryl methyl sites for hydroxylation is 1. The molecule has 2 aliphatic heterocycles. The molecule has 0 aliphatic carbocycles. The van der Waals surface area contributed by atoms with Crippen LogP contribution in [0, 0.1) is 6.92 Å². The molecule has 0 spiro atoms. The Morgan fingerprint density at radius 1 is 1.23 bits per heavy atom. The van der Waals surface area contributed by atoms with Crippen LogP contribution in [0.15, 0.2) is 53.9 Å². The highest BCUT2D eigenvalue weighted by molar-refractivity contribution is 8.00. The van der Waals surface area contributed by atoms with Gasteiger partial charge in [0.2, 0.25) is 5.91 Å². The zero-order valence-electron chi connectivity index (χ0n) is 21.3. The highest BCUT2D eigenvalue weighted by Crippen LogP contribution is 2.40. The lowest BCUT2D eigenvalue weighted by Crippen LogP contribution is -2.71. The normalized spacial score (nSPS) is 18.8. The van der Waals surface area contributed by atoms with Gasteiger partial charge in [0.05, 0.1) is 12.7 Å². The molecule has 1 fully saturated rings. The van der Waals surface area contributed by atoms with Gasteiger partial charge in [0.15, 0.2) is 0 Å². The van der Waals surface area contributed by atoms with E-state index < -0.39 is 47.1 Å². The van der Waals surface area contributed by atoms with Crippen molar-refractivity contribution in [3.05, 3.63) is 70.7 Å². The van der Waals surface area contributed by atoms with Crippen molar-refractivity contribution in [1.82, 2.24) is 20.5 Å². The van der Waals surface area contributed by atoms with E-state index in [-0.39, 0.29) is 34.9 Å². The number of ether oxygens (including phenoxy) is 2. The van der Waals surface area contributed by atoms with Crippen LogP contribution in [0.5, 0.6) is 5.75 Å². The average molecular weight is 555 g/mol. The maximum Gasteiger partial charge on any atom is 0.352 e. The average Bonchev–Trinajstić information content (AvgIpc) is 2.92. The summed E-state index contributed by atoms with van der Waals surface area (Å²) >= 11 is 1.24. The van der Waals surface area contributed by atoms with Gasteiger partial charge in [-0.25, -0.2) is 4.79 Å². The molecule has 1 saturated heterocycles. The van der Waals surface area contributed by atoms with Crippen LogP contribution in [0.4, 0.5) is 0 Å². The van der Waals surface area contributed by atoms with Gasteiger partial charge in [-0.15, -0.1) is 11.8 Å². The summed E-state index contributed by atoms with van der Waals surface area (Å²) in [6, 6.07) is 7.89. The number of nitrogens with one attached hydrogen (secondary N) is 2. The number of carboxylic acid groups (broad SMARTS) is 1. The van der Waals surface area contributed by atoms with Crippen molar-refractivity contribution >= 4 is 41.4 Å². The summed E-state index contributed by atoms with van der Waals surface area (Å²) in [7, 11) is 1.42. The third-order valence-electron chi connectivity index (χ3n) is 6.14. The number of aliphatic carboxylic acids is 1. The number of aromatic nitrogens is 1. The molecule has 3 N–H and O–H groups in total. The Morgan fingerprint density at radius 3 is 2.59 bits per heavy atom. The van der Waals surface area contributed by atoms with Gasteiger partial charge in [-0.2, -0.15) is 0 Å². The van der Waals surface area contributed by atoms with Crippen LogP contribution in [0.3, 0.4) is 0 Å². The summed E-state index contributed by atoms with van der Waals surface area (Å²) in [5.41, 5.74) is 1.26. The summed E-state index contributed by atoms with van der Waals surface area (Å²) in [5, 5.41) is 14.4. The molecule has 1 unspecified atom stereocenters.